The average Bonchev–Trinajstić information content (AvgIpc) is 2.80. The highest BCUT2D eigenvalue weighted by molar-refractivity contribution is 7.13. The molecule has 0 fully saturated rings. The number of hydrogen-bond donors (Lipinski definition) is 2. The van der Waals surface area contributed by atoms with Crippen LogP contribution in [0.4, 0.5) is 5.69 Å². The predicted molar refractivity (Wildman–Crippen MR) is 84.0 cm³/mol. The van der Waals surface area contributed by atoms with Gasteiger partial charge in [0.05, 0.1) is 22.8 Å². The summed E-state index contributed by atoms with van der Waals surface area (Å²) in [6, 6.07) is 5.55. The lowest BCUT2D eigenvalue weighted by Crippen LogP contribution is -2.31. The zero-order valence-corrected chi connectivity index (χ0v) is 12.9. The number of amides is 1. The van der Waals surface area contributed by atoms with Crippen LogP contribution >= 0.6 is 22.9 Å². The summed E-state index contributed by atoms with van der Waals surface area (Å²) in [7, 11) is 0. The number of hydrogen-bond acceptors (Lipinski definition) is 4. The molecule has 2 aromatic rings. The second-order valence-electron chi connectivity index (χ2n) is 4.78. The fourth-order valence-corrected chi connectivity index (χ4v) is 2.67. The fraction of sp³-hybridized carbons (Fsp3) is 0.286. The van der Waals surface area contributed by atoms with Crippen LogP contribution in [-0.4, -0.2) is 16.9 Å². The van der Waals surface area contributed by atoms with E-state index >= 15 is 0 Å². The molecular weight excluding hydrogens is 294 g/mol. The molecule has 2 rings (SSSR count). The first-order valence-electron chi connectivity index (χ1n) is 6.25. The molecule has 0 aliphatic rings. The molecule has 0 spiro atoms. The van der Waals surface area contributed by atoms with Crippen molar-refractivity contribution >= 4 is 34.5 Å². The first-order valence-corrected chi connectivity index (χ1v) is 7.50. The lowest BCUT2D eigenvalue weighted by Gasteiger charge is -2.06. The molecule has 0 bridgehead atoms. The Morgan fingerprint density at radius 1 is 1.50 bits per heavy atom. The van der Waals surface area contributed by atoms with Gasteiger partial charge in [-0.25, -0.2) is 4.98 Å². The van der Waals surface area contributed by atoms with E-state index in [-0.39, 0.29) is 18.4 Å². The van der Waals surface area contributed by atoms with Crippen LogP contribution in [0, 0.1) is 0 Å². The summed E-state index contributed by atoms with van der Waals surface area (Å²) in [4.78, 5) is 16.1. The Balaban J connectivity index is 2.12. The second-order valence-corrected chi connectivity index (χ2v) is 6.04. The number of anilines is 1. The molecule has 3 N–H and O–H groups in total. The number of carbonyl (C=O) groups is 1. The number of nitrogens with two attached hydrogens (primary N) is 1. The molecular formula is C14H16ClN3OS. The van der Waals surface area contributed by atoms with E-state index in [0.29, 0.717) is 10.7 Å². The first kappa shape index (κ1) is 14.8. The Labute approximate surface area is 127 Å². The Kier molecular flexibility index (Phi) is 4.62. The van der Waals surface area contributed by atoms with E-state index in [4.69, 9.17) is 17.3 Å². The maximum absolute atomic E-state index is 11.7. The number of nitrogens with zero attached hydrogens (tertiary/aromatic N) is 1. The maximum Gasteiger partial charge on any atom is 0.226 e. The molecule has 1 aromatic heterocycles. The van der Waals surface area contributed by atoms with Gasteiger partial charge in [0, 0.05) is 17.0 Å². The van der Waals surface area contributed by atoms with E-state index in [9.17, 15) is 4.79 Å². The summed E-state index contributed by atoms with van der Waals surface area (Å²) in [5.41, 5.74) is 7.98. The molecule has 0 atom stereocenters. The number of aromatic nitrogens is 1. The van der Waals surface area contributed by atoms with Crippen molar-refractivity contribution in [2.24, 2.45) is 0 Å². The first-order chi connectivity index (χ1) is 9.45. The molecule has 106 valence electrons. The Morgan fingerprint density at radius 3 is 2.90 bits per heavy atom. The standard InChI is InChI=1S/C14H16ClN3OS/c1-8(2)17-13(19)6-10-7-20-14(18-10)9-3-4-11(15)12(16)5-9/h3-5,7-8H,6,16H2,1-2H3,(H,17,19). The molecule has 1 heterocycles. The third kappa shape index (κ3) is 3.71. The Morgan fingerprint density at radius 2 is 2.25 bits per heavy atom. The highest BCUT2D eigenvalue weighted by Gasteiger charge is 2.10. The van der Waals surface area contributed by atoms with Crippen molar-refractivity contribution in [1.82, 2.24) is 10.3 Å². The van der Waals surface area contributed by atoms with Gasteiger partial charge >= 0.3 is 0 Å². The molecule has 0 radical (unpaired) electrons. The number of carbonyl (C=O) groups excluding carboxylic acids is 1. The topological polar surface area (TPSA) is 68.0 Å². The molecule has 0 unspecified atom stereocenters. The minimum absolute atomic E-state index is 0.0209. The van der Waals surface area contributed by atoms with Crippen molar-refractivity contribution in [3.05, 3.63) is 34.3 Å². The molecule has 0 aliphatic heterocycles. The van der Waals surface area contributed by atoms with Crippen molar-refractivity contribution < 1.29 is 4.79 Å². The monoisotopic (exact) mass is 309 g/mol. The third-order valence-electron chi connectivity index (χ3n) is 2.59. The fourth-order valence-electron chi connectivity index (χ4n) is 1.74. The van der Waals surface area contributed by atoms with Crippen molar-refractivity contribution in [2.75, 3.05) is 5.73 Å². The minimum Gasteiger partial charge on any atom is -0.398 e. The van der Waals surface area contributed by atoms with Crippen LogP contribution in [-0.2, 0) is 11.2 Å². The Hall–Kier alpha value is -1.59. The van der Waals surface area contributed by atoms with Crippen LogP contribution in [0.5, 0.6) is 0 Å². The van der Waals surface area contributed by atoms with Gasteiger partial charge < -0.3 is 11.1 Å². The second kappa shape index (κ2) is 6.24. The predicted octanol–water partition coefficient (Wildman–Crippen LogP) is 3.11. The van der Waals surface area contributed by atoms with Gasteiger partial charge in [0.15, 0.2) is 0 Å². The molecule has 1 amide bonds. The number of nitrogens with one attached hydrogen (secondary N) is 1. The van der Waals surface area contributed by atoms with Crippen LogP contribution in [0.2, 0.25) is 5.02 Å². The Bertz CT molecular complexity index is 625. The summed E-state index contributed by atoms with van der Waals surface area (Å²) >= 11 is 7.38. The van der Waals surface area contributed by atoms with Crippen molar-refractivity contribution in [2.45, 2.75) is 26.3 Å². The molecule has 0 aliphatic carbocycles. The molecule has 20 heavy (non-hydrogen) atoms. The van der Waals surface area contributed by atoms with Gasteiger partial charge in [-0.2, -0.15) is 0 Å². The molecule has 0 saturated carbocycles. The number of halogens is 1. The maximum atomic E-state index is 11.7. The highest BCUT2D eigenvalue weighted by Crippen LogP contribution is 2.29. The number of benzene rings is 1. The van der Waals surface area contributed by atoms with Crippen LogP contribution in [0.25, 0.3) is 10.6 Å². The summed E-state index contributed by atoms with van der Waals surface area (Å²) in [5.74, 6) is -0.0209. The summed E-state index contributed by atoms with van der Waals surface area (Å²) < 4.78 is 0. The minimum atomic E-state index is -0.0209. The number of nitrogen functional groups attached to an aromatic ring is 1. The van der Waals surface area contributed by atoms with Crippen LogP contribution in [0.1, 0.15) is 19.5 Å². The van der Waals surface area contributed by atoms with Gasteiger partial charge in [-0.1, -0.05) is 17.7 Å². The van der Waals surface area contributed by atoms with Gasteiger partial charge in [-0.05, 0) is 26.0 Å². The van der Waals surface area contributed by atoms with Crippen molar-refractivity contribution in [3.63, 3.8) is 0 Å². The summed E-state index contributed by atoms with van der Waals surface area (Å²) in [6.45, 7) is 3.86. The van der Waals surface area contributed by atoms with E-state index < -0.39 is 0 Å². The number of thiazole rings is 1. The molecule has 6 heteroatoms. The summed E-state index contributed by atoms with van der Waals surface area (Å²) in [5, 5.41) is 6.10. The normalized spacial score (nSPS) is 10.8. The van der Waals surface area contributed by atoms with E-state index in [1.165, 1.54) is 11.3 Å². The quantitative estimate of drug-likeness (QED) is 0.853. The largest absolute Gasteiger partial charge is 0.398 e. The van der Waals surface area contributed by atoms with Gasteiger partial charge in [0.2, 0.25) is 5.91 Å². The smallest absolute Gasteiger partial charge is 0.226 e. The summed E-state index contributed by atoms with van der Waals surface area (Å²) in [6.07, 6.45) is 0.289. The van der Waals surface area contributed by atoms with Gasteiger partial charge in [0.1, 0.15) is 5.01 Å². The zero-order chi connectivity index (χ0) is 14.7. The van der Waals surface area contributed by atoms with Gasteiger partial charge in [-0.15, -0.1) is 11.3 Å². The van der Waals surface area contributed by atoms with Gasteiger partial charge in [-0.3, -0.25) is 4.79 Å². The molecule has 4 nitrogen and oxygen atoms in total. The van der Waals surface area contributed by atoms with E-state index in [1.54, 1.807) is 12.1 Å². The van der Waals surface area contributed by atoms with Crippen molar-refractivity contribution in [3.8, 4) is 10.6 Å². The lowest BCUT2D eigenvalue weighted by molar-refractivity contribution is -0.120. The number of rotatable bonds is 4. The van der Waals surface area contributed by atoms with Crippen LogP contribution in [0.3, 0.4) is 0 Å². The third-order valence-corrected chi connectivity index (χ3v) is 3.87. The van der Waals surface area contributed by atoms with E-state index in [1.807, 2.05) is 25.3 Å². The SMILES string of the molecule is CC(C)NC(=O)Cc1csc(-c2ccc(Cl)c(N)c2)n1. The zero-order valence-electron chi connectivity index (χ0n) is 11.3. The van der Waals surface area contributed by atoms with Gasteiger partial charge in [0.25, 0.3) is 0 Å². The van der Waals surface area contributed by atoms with E-state index in [2.05, 4.69) is 10.3 Å². The highest BCUT2D eigenvalue weighted by atomic mass is 35.5. The lowest BCUT2D eigenvalue weighted by atomic mass is 10.2. The molecule has 1 aromatic carbocycles. The van der Waals surface area contributed by atoms with E-state index in [0.717, 1.165) is 16.3 Å². The molecule has 0 saturated heterocycles. The van der Waals surface area contributed by atoms with Crippen molar-refractivity contribution in [1.29, 1.82) is 0 Å². The average molecular weight is 310 g/mol. The van der Waals surface area contributed by atoms with Crippen LogP contribution < -0.4 is 11.1 Å². The van der Waals surface area contributed by atoms with Crippen LogP contribution in [0.15, 0.2) is 23.6 Å².